The third-order valence-corrected chi connectivity index (χ3v) is 4.44. The van der Waals surface area contributed by atoms with E-state index in [0.717, 1.165) is 0 Å². The zero-order chi connectivity index (χ0) is 18.1. The minimum absolute atomic E-state index is 0.156. The van der Waals surface area contributed by atoms with Crippen molar-refractivity contribution in [3.05, 3.63) is 45.1 Å². The van der Waals surface area contributed by atoms with Crippen LogP contribution in [0.25, 0.3) is 0 Å². The van der Waals surface area contributed by atoms with Crippen molar-refractivity contribution in [1.29, 1.82) is 0 Å². The molecule has 3 N–H and O–H groups in total. The number of aromatic nitrogens is 2. The van der Waals surface area contributed by atoms with E-state index in [-0.39, 0.29) is 5.95 Å². The fourth-order valence-electron chi connectivity index (χ4n) is 1.73. The average Bonchev–Trinajstić information content (AvgIpc) is 2.38. The van der Waals surface area contributed by atoms with E-state index in [1.807, 2.05) is 0 Å². The molecule has 0 bridgehead atoms. The standard InChI is InChI=1S/C12H9BrClF3N3O3P/c13-8-3-6(5-24(21,22)23)1-2-9(8)19-11-18-4-7(10(14)20-11)12(15,16)17/h1-4H,5H2,(H,18,19,20)(H2,21,22,23). The van der Waals surface area contributed by atoms with Gasteiger partial charge in [-0.3, -0.25) is 4.57 Å². The summed E-state index contributed by atoms with van der Waals surface area (Å²) in [5, 5.41) is 1.93. The quantitative estimate of drug-likeness (QED) is 0.478. The number of alkyl halides is 3. The molecule has 24 heavy (non-hydrogen) atoms. The van der Waals surface area contributed by atoms with E-state index in [4.69, 9.17) is 21.4 Å². The highest BCUT2D eigenvalue weighted by Gasteiger charge is 2.34. The van der Waals surface area contributed by atoms with Gasteiger partial charge in [0.1, 0.15) is 10.7 Å². The molecule has 12 heteroatoms. The van der Waals surface area contributed by atoms with Crippen LogP contribution < -0.4 is 5.32 Å². The topological polar surface area (TPSA) is 95.3 Å². The molecule has 0 atom stereocenters. The van der Waals surface area contributed by atoms with E-state index in [9.17, 15) is 17.7 Å². The molecule has 130 valence electrons. The molecule has 1 aromatic carbocycles. The van der Waals surface area contributed by atoms with Gasteiger partial charge in [0, 0.05) is 10.7 Å². The van der Waals surface area contributed by atoms with E-state index in [0.29, 0.717) is 21.9 Å². The molecular formula is C12H9BrClF3N3O3P. The SMILES string of the molecule is O=P(O)(O)Cc1ccc(Nc2ncc(C(F)(F)F)c(Cl)n2)c(Br)c1. The maximum atomic E-state index is 12.6. The van der Waals surface area contributed by atoms with Gasteiger partial charge in [0.05, 0.1) is 11.8 Å². The van der Waals surface area contributed by atoms with Gasteiger partial charge >= 0.3 is 13.8 Å². The van der Waals surface area contributed by atoms with Crippen molar-refractivity contribution in [1.82, 2.24) is 9.97 Å². The molecule has 0 amide bonds. The number of halogens is 5. The van der Waals surface area contributed by atoms with Gasteiger partial charge in [0.25, 0.3) is 0 Å². The first-order valence-electron chi connectivity index (χ1n) is 6.15. The molecule has 0 spiro atoms. The normalized spacial score (nSPS) is 12.3. The summed E-state index contributed by atoms with van der Waals surface area (Å²) in [7, 11) is -4.21. The summed E-state index contributed by atoms with van der Waals surface area (Å²) in [5.41, 5.74) is -0.377. The Morgan fingerprint density at radius 2 is 2.00 bits per heavy atom. The molecule has 0 unspecified atom stereocenters. The van der Waals surface area contributed by atoms with Crippen LogP contribution >= 0.6 is 35.1 Å². The minimum Gasteiger partial charge on any atom is -0.324 e. The lowest BCUT2D eigenvalue weighted by Gasteiger charge is -2.12. The zero-order valence-corrected chi connectivity index (χ0v) is 14.8. The minimum atomic E-state index is -4.65. The van der Waals surface area contributed by atoms with E-state index in [2.05, 4.69) is 31.2 Å². The fraction of sp³-hybridized carbons (Fsp3) is 0.167. The van der Waals surface area contributed by atoms with E-state index in [1.54, 1.807) is 0 Å². The third kappa shape index (κ3) is 5.15. The molecule has 1 heterocycles. The summed E-state index contributed by atoms with van der Waals surface area (Å²) >= 11 is 8.70. The summed E-state index contributed by atoms with van der Waals surface area (Å²) in [6, 6.07) is 4.40. The van der Waals surface area contributed by atoms with Crippen molar-refractivity contribution in [3.63, 3.8) is 0 Å². The average molecular weight is 447 g/mol. The van der Waals surface area contributed by atoms with E-state index < -0.39 is 30.7 Å². The zero-order valence-electron chi connectivity index (χ0n) is 11.6. The van der Waals surface area contributed by atoms with Crippen molar-refractivity contribution in [2.75, 3.05) is 5.32 Å². The summed E-state index contributed by atoms with van der Waals surface area (Å²) in [5.74, 6) is -0.156. The molecule has 0 aliphatic heterocycles. The molecule has 0 saturated carbocycles. The highest BCUT2D eigenvalue weighted by Crippen LogP contribution is 2.40. The molecule has 0 radical (unpaired) electrons. The Hall–Kier alpha value is -1.19. The van der Waals surface area contributed by atoms with Gasteiger partial charge in [0.2, 0.25) is 5.95 Å². The molecule has 2 rings (SSSR count). The van der Waals surface area contributed by atoms with Crippen LogP contribution in [-0.2, 0) is 16.9 Å². The first-order chi connectivity index (χ1) is 11.0. The first-order valence-corrected chi connectivity index (χ1v) is 9.12. The number of hydrogen-bond donors (Lipinski definition) is 3. The number of nitrogens with one attached hydrogen (secondary N) is 1. The lowest BCUT2D eigenvalue weighted by Crippen LogP contribution is -2.09. The Bertz CT molecular complexity index is 816. The second-order valence-electron chi connectivity index (χ2n) is 4.66. The van der Waals surface area contributed by atoms with Crippen LogP contribution in [-0.4, -0.2) is 19.8 Å². The number of anilines is 2. The van der Waals surface area contributed by atoms with Crippen LogP contribution in [0.2, 0.25) is 5.15 Å². The van der Waals surface area contributed by atoms with Gasteiger partial charge in [0.15, 0.2) is 0 Å². The Morgan fingerprint density at radius 1 is 1.33 bits per heavy atom. The van der Waals surface area contributed by atoms with E-state index in [1.165, 1.54) is 18.2 Å². The largest absolute Gasteiger partial charge is 0.420 e. The first kappa shape index (κ1) is 19.1. The van der Waals surface area contributed by atoms with Crippen LogP contribution in [0.5, 0.6) is 0 Å². The molecule has 6 nitrogen and oxygen atoms in total. The molecule has 0 fully saturated rings. The third-order valence-electron chi connectivity index (χ3n) is 2.72. The number of rotatable bonds is 4. The van der Waals surface area contributed by atoms with Gasteiger partial charge in [-0.15, -0.1) is 0 Å². The Kier molecular flexibility index (Phi) is 5.56. The molecule has 1 aromatic heterocycles. The van der Waals surface area contributed by atoms with Crippen molar-refractivity contribution in [3.8, 4) is 0 Å². The van der Waals surface area contributed by atoms with Crippen molar-refractivity contribution in [2.45, 2.75) is 12.3 Å². The van der Waals surface area contributed by atoms with Crippen LogP contribution in [0.15, 0.2) is 28.9 Å². The predicted octanol–water partition coefficient (Wildman–Crippen LogP) is 4.33. The summed E-state index contributed by atoms with van der Waals surface area (Å²) in [4.78, 5) is 25.0. The van der Waals surface area contributed by atoms with Gasteiger partial charge in [-0.25, -0.2) is 9.97 Å². The maximum Gasteiger partial charge on any atom is 0.420 e. The monoisotopic (exact) mass is 445 g/mol. The van der Waals surface area contributed by atoms with Crippen molar-refractivity contribution in [2.24, 2.45) is 0 Å². The summed E-state index contributed by atoms with van der Waals surface area (Å²) in [6.45, 7) is 0. The molecule has 0 aliphatic carbocycles. The van der Waals surface area contributed by atoms with Crippen LogP contribution in [0.3, 0.4) is 0 Å². The summed E-state index contributed by atoms with van der Waals surface area (Å²) < 4.78 is 49.2. The smallest absolute Gasteiger partial charge is 0.324 e. The van der Waals surface area contributed by atoms with Gasteiger partial charge in [-0.2, -0.15) is 13.2 Å². The fourth-order valence-corrected chi connectivity index (χ4v) is 3.16. The maximum absolute atomic E-state index is 12.6. The van der Waals surface area contributed by atoms with Crippen molar-refractivity contribution < 1.29 is 27.5 Å². The Balaban J connectivity index is 2.23. The van der Waals surface area contributed by atoms with Gasteiger partial charge in [-0.05, 0) is 33.6 Å². The lowest BCUT2D eigenvalue weighted by molar-refractivity contribution is -0.137. The number of hydrogen-bond acceptors (Lipinski definition) is 4. The molecule has 0 saturated heterocycles. The lowest BCUT2D eigenvalue weighted by atomic mass is 10.2. The molecular weight excluding hydrogens is 437 g/mol. The van der Waals surface area contributed by atoms with Gasteiger partial charge in [-0.1, -0.05) is 17.7 Å². The number of nitrogens with zero attached hydrogens (tertiary/aromatic N) is 2. The second kappa shape index (κ2) is 6.97. The molecule has 0 aliphatic rings. The number of benzene rings is 1. The Labute approximate surface area is 147 Å². The molecule has 2 aromatic rings. The highest BCUT2D eigenvalue weighted by molar-refractivity contribution is 9.10. The second-order valence-corrected chi connectivity index (χ2v) is 7.52. The van der Waals surface area contributed by atoms with Crippen LogP contribution in [0.4, 0.5) is 24.8 Å². The van der Waals surface area contributed by atoms with Crippen LogP contribution in [0.1, 0.15) is 11.1 Å². The Morgan fingerprint density at radius 3 is 2.50 bits per heavy atom. The van der Waals surface area contributed by atoms with E-state index >= 15 is 0 Å². The van der Waals surface area contributed by atoms with Crippen molar-refractivity contribution >= 4 is 46.8 Å². The summed E-state index contributed by atoms with van der Waals surface area (Å²) in [6.07, 6.45) is -4.53. The predicted molar refractivity (Wildman–Crippen MR) is 85.2 cm³/mol. The highest BCUT2D eigenvalue weighted by atomic mass is 79.9. The van der Waals surface area contributed by atoms with Gasteiger partial charge < -0.3 is 15.1 Å². The van der Waals surface area contributed by atoms with Crippen LogP contribution in [0, 0.1) is 0 Å².